The number of fused-ring (bicyclic) bond motifs is 6. The Hall–Kier alpha value is -12.1. The molecular formula is C96H126N18O12. The molecule has 0 aliphatic carbocycles. The van der Waals surface area contributed by atoms with Crippen LogP contribution in [0.25, 0.3) is 65.4 Å². The van der Waals surface area contributed by atoms with E-state index in [1.54, 1.807) is 42.5 Å². The third kappa shape index (κ3) is 26.5. The molecule has 12 N–H and O–H groups in total. The van der Waals surface area contributed by atoms with Crippen molar-refractivity contribution in [3.63, 3.8) is 0 Å². The van der Waals surface area contributed by atoms with Gasteiger partial charge in [-0.15, -0.1) is 0 Å². The van der Waals surface area contributed by atoms with Gasteiger partial charge in [0.2, 0.25) is 0 Å². The molecule has 18 rings (SSSR count). The minimum Gasteiger partial charge on any atom is -0.447 e. The van der Waals surface area contributed by atoms with Gasteiger partial charge in [0.05, 0.1) is 77.2 Å². The Bertz CT molecular complexity index is 9040. The number of nitrogens with zero attached hydrogens (tertiary/aromatic N) is 6. The highest BCUT2D eigenvalue weighted by Gasteiger charge is 2.29. The largest absolute Gasteiger partial charge is 0.447 e. The number of carbonyl (C=O) groups is 6. The van der Waals surface area contributed by atoms with Gasteiger partial charge in [-0.2, -0.15) is 0 Å². The second kappa shape index (κ2) is 43.7. The number of rotatable bonds is 30. The lowest BCUT2D eigenvalue weighted by Crippen LogP contribution is -2.28. The van der Waals surface area contributed by atoms with E-state index in [4.69, 9.17) is 90.7 Å². The van der Waals surface area contributed by atoms with E-state index in [0.717, 1.165) is 47.4 Å². The Morgan fingerprint density at radius 1 is 0.349 bits per heavy atom. The highest BCUT2D eigenvalue weighted by atomic mass is 16.6. The number of alkyl carbamates (subject to hydrolysis) is 6. The van der Waals surface area contributed by atoms with Crippen LogP contribution in [0.4, 0.5) is 28.8 Å². The fraction of sp³-hybridized carbons (Fsp3) is 0.438. The maximum atomic E-state index is 11.8. The van der Waals surface area contributed by atoms with E-state index < -0.39 is 326 Å². The zero-order valence-corrected chi connectivity index (χ0v) is 67.7. The first-order chi connectivity index (χ1) is 86.6. The number of ether oxygens (including phenoxy) is 6. The normalized spacial score (nSPS) is 33.3. The molecule has 0 bridgehead atoms. The average molecular weight is 1790 g/mol. The van der Waals surface area contributed by atoms with Crippen molar-refractivity contribution in [2.24, 2.45) is 0 Å². The van der Waals surface area contributed by atoms with E-state index in [1.807, 2.05) is 31.1 Å². The predicted molar refractivity (Wildman–Crippen MR) is 495 cm³/mol. The smallest absolute Gasteiger partial charge is 0.407 e. The number of aryl methyl sites for hydroxylation is 3. The number of carbonyl (C=O) groups excluding carboxylic acids is 6. The Kier molecular flexibility index (Phi) is 13.7. The van der Waals surface area contributed by atoms with Gasteiger partial charge in [-0.05, 0) is 300 Å². The van der Waals surface area contributed by atoms with Gasteiger partial charge in [-0.25, -0.2) is 28.8 Å². The number of H-pyrrole nitrogens is 6. The van der Waals surface area contributed by atoms with Crippen LogP contribution >= 0.6 is 0 Å². The number of benzene rings is 6. The summed E-state index contributed by atoms with van der Waals surface area (Å²) >= 11 is 0. The number of hydrogen-bond donors (Lipinski definition) is 12. The van der Waals surface area contributed by atoms with Gasteiger partial charge in [0, 0.05) is 183 Å². The molecule has 12 heterocycles. The highest BCUT2D eigenvalue weighted by Crippen LogP contribution is 2.29. The summed E-state index contributed by atoms with van der Waals surface area (Å²) in [6, 6.07) is -5.81. The molecule has 0 saturated carbocycles. The quantitative estimate of drug-likeness (QED) is 0.0186. The molecule has 6 aliphatic heterocycles. The summed E-state index contributed by atoms with van der Waals surface area (Å²) in [5.74, 6) is 0. The molecule has 6 aliphatic rings. The zero-order chi connectivity index (χ0) is 147. The number of hydrogen-bond acceptors (Lipinski definition) is 18. The van der Waals surface area contributed by atoms with Crippen molar-refractivity contribution in [2.45, 2.75) is 113 Å². The van der Waals surface area contributed by atoms with Crippen LogP contribution in [0.3, 0.4) is 0 Å². The van der Waals surface area contributed by atoms with Crippen molar-refractivity contribution < 1.29 is 148 Å². The molecule has 6 saturated heterocycles. The number of amides is 6. The number of nitrogens with one attached hydrogen (secondary N) is 12. The number of aromatic nitrogens is 6. The van der Waals surface area contributed by atoms with Gasteiger partial charge < -0.3 is 120 Å². The molecular weight excluding hydrogens is 1600 g/mol. The Balaban J connectivity index is 0.000000187. The van der Waals surface area contributed by atoms with E-state index >= 15 is 0 Å². The molecule has 30 heteroatoms. The maximum Gasteiger partial charge on any atom is 0.407 e. The molecule has 30 nitrogen and oxygen atoms in total. The third-order valence-corrected chi connectivity index (χ3v) is 17.9. The monoisotopic (exact) mass is 1790 g/mol. The summed E-state index contributed by atoms with van der Waals surface area (Å²) < 4.78 is 553. The first-order valence-electron chi connectivity index (χ1n) is 70.4. The lowest BCUT2D eigenvalue weighted by Gasteiger charge is -2.09. The minimum absolute atomic E-state index is 0.00315. The van der Waals surface area contributed by atoms with Gasteiger partial charge in [-0.3, -0.25) is 0 Å². The van der Waals surface area contributed by atoms with Crippen molar-refractivity contribution >= 4 is 102 Å². The molecule has 672 valence electrons. The second-order valence-corrected chi connectivity index (χ2v) is 28.1. The van der Waals surface area contributed by atoms with Crippen molar-refractivity contribution in [1.82, 2.24) is 91.2 Å². The van der Waals surface area contributed by atoms with E-state index in [-0.39, 0.29) is 82.9 Å². The Morgan fingerprint density at radius 2 is 0.651 bits per heavy atom. The van der Waals surface area contributed by atoms with Gasteiger partial charge >= 0.3 is 36.6 Å². The van der Waals surface area contributed by atoms with Crippen LogP contribution in [0.2, 0.25) is 8.47 Å². The summed E-state index contributed by atoms with van der Waals surface area (Å²) in [6.45, 7) is -44.0. The van der Waals surface area contributed by atoms with Crippen molar-refractivity contribution in [1.29, 1.82) is 0 Å². The molecule has 0 radical (unpaired) electrons. The molecule has 12 aromatic rings. The summed E-state index contributed by atoms with van der Waals surface area (Å²) in [5, 5.41) is 6.74. The highest BCUT2D eigenvalue weighted by molar-refractivity contribution is 5.88. The molecule has 6 atom stereocenters. The van der Waals surface area contributed by atoms with Crippen molar-refractivity contribution in [3.05, 3.63) is 213 Å². The summed E-state index contributed by atoms with van der Waals surface area (Å²) in [7, 11) is 8.85. The van der Waals surface area contributed by atoms with Crippen LogP contribution in [-0.4, -0.2) is 295 Å². The van der Waals surface area contributed by atoms with E-state index in [1.165, 1.54) is 26.0 Å². The van der Waals surface area contributed by atoms with E-state index in [9.17, 15) is 28.8 Å². The fourth-order valence-corrected chi connectivity index (χ4v) is 12.2. The summed E-state index contributed by atoms with van der Waals surface area (Å²) in [4.78, 5) is 83.7. The SMILES string of the molecule is [2H]c1[nH]c2ccc(C[C@]3([2H])NC(=O)OC3([2H])[2H])cc2c1CCN(C([2H])([2H])[2H])C([2H])([2H])[2H].[2H]c1[nH]c2ccc(C[C@]3([2H])NC(=O)OC3([2H])[2H])cc2c1CCN(C)C.[2H]c1[nH]c2ccc(C[C@]3([2H])NC(=O)OC3([2H])[2H])cc2c1CCN(C)C([2H])([2H])[2H].[2H]c1c(C[C@]2([2H])N([2H])C(=O)OC2([2H])[2H])c([2H])c2c(C([2H])([2H])C([2H])([2H])N(C([2H])([2H])[2H])C([2H])([2H])[2H])cn([2H])c2c1[2H].[2H]c1c(C[C@]2([2H])N([2H])C(=O)OC2([2H])[2H])c([2H])c2c(C([2H])([2H])C([2H])([2H])N(C)C([2H])([2H])[2H])cn([2H])c2c1[2H].[2H]c1c(C[C@]2([2H])N([2H])C(=O)OC2([2H])[2H])c([2H])c2c(C([2H])([2H])C([2H])([2H])N(C)C)cn([2H])c2c1[2H]. The van der Waals surface area contributed by atoms with Crippen molar-refractivity contribution in [3.8, 4) is 0 Å². The third-order valence-electron chi connectivity index (χ3n) is 17.9. The molecule has 6 amide bonds. The van der Waals surface area contributed by atoms with Crippen LogP contribution < -0.4 is 31.9 Å². The van der Waals surface area contributed by atoms with Crippen LogP contribution in [0.5, 0.6) is 0 Å². The topological polar surface area (TPSA) is 344 Å². The van der Waals surface area contributed by atoms with Crippen LogP contribution in [-0.2, 0) is 105 Å². The van der Waals surface area contributed by atoms with Gasteiger partial charge in [0.15, 0.2) is 8.47 Å². The standard InChI is InChI=1S/6C16H21N3O2/c6*1-19(2)6-5-12-9-17-15-4-3-11(8-14(12)15)7-13-10-21-16(20)18-13/h6*3-4,8-9,13,17H,5-7,10H2,1-2H3,(H,18,20)/t6*13-/m000000/s1/i1D3,2D3,3D,4D,5D2,6D2,8D,10D2,13D;1D3,3D,4D,5D2,6D2,8D,10D2,13D;3D,4D,5D2,6D2,8D,10D2,13D;1D3,2D3,9D,10D2,13D;1D3,9D,10D2,13D;9D,10D2,13D/hD6. The molecule has 6 aromatic carbocycles. The molecule has 0 spiro atoms. The van der Waals surface area contributed by atoms with Crippen LogP contribution in [0, 0.1) is 0 Å². The lowest BCUT2D eigenvalue weighted by atomic mass is 10.0. The first kappa shape index (κ1) is 39.4. The van der Waals surface area contributed by atoms with Crippen LogP contribution in [0.1, 0.15) is 149 Å². The minimum atomic E-state index is -3.86. The lowest BCUT2D eigenvalue weighted by molar-refractivity contribution is 0.176. The Morgan fingerprint density at radius 3 is 0.952 bits per heavy atom. The maximum absolute atomic E-state index is 11.8. The van der Waals surface area contributed by atoms with Crippen LogP contribution in [0.15, 0.2) is 146 Å². The molecule has 6 aromatic heterocycles. The predicted octanol–water partition coefficient (Wildman–Crippen LogP) is 11.5. The summed E-state index contributed by atoms with van der Waals surface area (Å²) in [5.41, 5.74) is 0.521. The van der Waals surface area contributed by atoms with Gasteiger partial charge in [0.25, 0.3) is 0 Å². The number of likely N-dealkylation sites (N-methyl/N-ethyl adjacent to an activating group) is 6. The molecule has 126 heavy (non-hydrogen) atoms. The zero-order valence-electron chi connectivity index (χ0n) is 134. The molecule has 6 fully saturated rings. The van der Waals surface area contributed by atoms with Crippen molar-refractivity contribution in [2.75, 3.05) is 163 Å². The molecule has 0 unspecified atom stereocenters. The number of aromatic amines is 6. The van der Waals surface area contributed by atoms with E-state index in [2.05, 4.69) is 59.3 Å². The average Bonchev–Trinajstić information content (AvgIpc) is 1.52. The van der Waals surface area contributed by atoms with Gasteiger partial charge in [0.1, 0.15) is 39.4 Å². The number of cyclic esters (lactones) is 6. The Labute approximate surface area is 829 Å². The van der Waals surface area contributed by atoms with Gasteiger partial charge in [-0.1, -0.05) is 36.3 Å². The second-order valence-electron chi connectivity index (χ2n) is 28.1. The summed E-state index contributed by atoms with van der Waals surface area (Å²) in [6.07, 6.45) is -16.7. The first-order valence-corrected chi connectivity index (χ1v) is 37.7. The van der Waals surface area contributed by atoms with E-state index in [0.29, 0.717) is 94.7 Å². The fourth-order valence-electron chi connectivity index (χ4n) is 12.2.